The van der Waals surface area contributed by atoms with Gasteiger partial charge in [0.2, 0.25) is 10.0 Å². The van der Waals surface area contributed by atoms with Gasteiger partial charge in [0, 0.05) is 24.3 Å². The van der Waals surface area contributed by atoms with Crippen molar-refractivity contribution in [1.82, 2.24) is 10.0 Å². The minimum atomic E-state index is -3.71. The third kappa shape index (κ3) is 5.93. The molecule has 0 atom stereocenters. The van der Waals surface area contributed by atoms with E-state index in [4.69, 9.17) is 0 Å². The number of amides is 2. The van der Waals surface area contributed by atoms with E-state index in [1.807, 2.05) is 0 Å². The summed E-state index contributed by atoms with van der Waals surface area (Å²) < 4.78 is 31.2. The molecule has 0 fully saturated rings. The van der Waals surface area contributed by atoms with E-state index in [1.54, 1.807) is 24.3 Å². The van der Waals surface area contributed by atoms with Gasteiger partial charge in [-0.05, 0) is 35.9 Å². The molecule has 148 valence electrons. The van der Waals surface area contributed by atoms with Crippen LogP contribution in [0.15, 0.2) is 66.1 Å². The topological polar surface area (TPSA) is 114 Å². The molecule has 0 saturated heterocycles. The highest BCUT2D eigenvalue weighted by Gasteiger charge is 2.15. The standard InChI is InChI=1S/C19H21N3O5S/c1-3-11-21-28(25,26)17-6-4-5-15(12-17)18(23)20-13-14-7-9-16(10-8-14)22-19(24)27-2/h3-10,12,21H,1,11,13H2,2H3,(H,20,23)(H,22,24). The summed E-state index contributed by atoms with van der Waals surface area (Å²) in [6.07, 6.45) is 0.860. The average Bonchev–Trinajstić information content (AvgIpc) is 2.71. The zero-order chi connectivity index (χ0) is 20.6. The van der Waals surface area contributed by atoms with Crippen molar-refractivity contribution in [2.24, 2.45) is 0 Å². The lowest BCUT2D eigenvalue weighted by atomic mass is 10.2. The van der Waals surface area contributed by atoms with Crippen molar-refractivity contribution in [3.05, 3.63) is 72.3 Å². The van der Waals surface area contributed by atoms with Gasteiger partial charge in [-0.3, -0.25) is 10.1 Å². The number of rotatable bonds is 8. The smallest absolute Gasteiger partial charge is 0.411 e. The number of carbonyl (C=O) groups is 2. The molecule has 0 heterocycles. The molecule has 0 radical (unpaired) electrons. The maximum atomic E-state index is 12.3. The van der Waals surface area contributed by atoms with E-state index < -0.39 is 22.0 Å². The Kier molecular flexibility index (Phi) is 7.30. The van der Waals surface area contributed by atoms with Crippen LogP contribution in [0, 0.1) is 0 Å². The van der Waals surface area contributed by atoms with Crippen LogP contribution in [0.3, 0.4) is 0 Å². The van der Waals surface area contributed by atoms with Crippen molar-refractivity contribution in [2.75, 3.05) is 19.0 Å². The summed E-state index contributed by atoms with van der Waals surface area (Å²) in [5, 5.41) is 5.25. The van der Waals surface area contributed by atoms with Crippen molar-refractivity contribution in [1.29, 1.82) is 0 Å². The van der Waals surface area contributed by atoms with Crippen molar-refractivity contribution in [3.63, 3.8) is 0 Å². The average molecular weight is 403 g/mol. The summed E-state index contributed by atoms with van der Waals surface area (Å²) in [7, 11) is -2.44. The number of carbonyl (C=O) groups excluding carboxylic acids is 2. The monoisotopic (exact) mass is 403 g/mol. The minimum absolute atomic E-state index is 0.000220. The molecule has 0 bridgehead atoms. The Bertz CT molecular complexity index is 956. The zero-order valence-corrected chi connectivity index (χ0v) is 16.1. The Morgan fingerprint density at radius 3 is 2.50 bits per heavy atom. The Morgan fingerprint density at radius 2 is 1.86 bits per heavy atom. The molecular formula is C19H21N3O5S. The highest BCUT2D eigenvalue weighted by atomic mass is 32.2. The molecule has 2 amide bonds. The van der Waals surface area contributed by atoms with E-state index in [9.17, 15) is 18.0 Å². The first kappa shape index (κ1) is 21.1. The Hall–Kier alpha value is -3.17. The zero-order valence-electron chi connectivity index (χ0n) is 15.3. The fourth-order valence-electron chi connectivity index (χ4n) is 2.22. The molecule has 9 heteroatoms. The lowest BCUT2D eigenvalue weighted by molar-refractivity contribution is 0.0950. The molecule has 0 aliphatic rings. The first-order chi connectivity index (χ1) is 13.4. The first-order valence-electron chi connectivity index (χ1n) is 8.28. The van der Waals surface area contributed by atoms with Gasteiger partial charge in [0.25, 0.3) is 5.91 Å². The van der Waals surface area contributed by atoms with Crippen LogP contribution >= 0.6 is 0 Å². The lowest BCUT2D eigenvalue weighted by Gasteiger charge is -2.09. The van der Waals surface area contributed by atoms with E-state index in [0.29, 0.717) is 5.69 Å². The fraction of sp³-hybridized carbons (Fsp3) is 0.158. The van der Waals surface area contributed by atoms with Gasteiger partial charge in [0.15, 0.2) is 0 Å². The summed E-state index contributed by atoms with van der Waals surface area (Å²) in [5.74, 6) is -0.405. The van der Waals surface area contributed by atoms with E-state index >= 15 is 0 Å². The van der Waals surface area contributed by atoms with Crippen LogP contribution in [0.2, 0.25) is 0 Å². The number of hydrogen-bond donors (Lipinski definition) is 3. The van der Waals surface area contributed by atoms with Crippen LogP contribution in [0.5, 0.6) is 0 Å². The molecule has 0 unspecified atom stereocenters. The van der Waals surface area contributed by atoms with E-state index in [0.717, 1.165) is 5.56 Å². The van der Waals surface area contributed by atoms with Gasteiger partial charge in [-0.25, -0.2) is 17.9 Å². The number of ether oxygens (including phenoxy) is 1. The second kappa shape index (κ2) is 9.67. The third-order valence-electron chi connectivity index (χ3n) is 3.66. The van der Waals surface area contributed by atoms with E-state index in [-0.39, 0.29) is 23.5 Å². The molecule has 2 aromatic carbocycles. The maximum absolute atomic E-state index is 12.3. The van der Waals surface area contributed by atoms with Crippen LogP contribution in [-0.2, 0) is 21.3 Å². The molecule has 0 aromatic heterocycles. The van der Waals surface area contributed by atoms with Crippen LogP contribution in [0.1, 0.15) is 15.9 Å². The molecule has 0 spiro atoms. The Morgan fingerprint density at radius 1 is 1.14 bits per heavy atom. The summed E-state index contributed by atoms with van der Waals surface area (Å²) in [6.45, 7) is 3.80. The van der Waals surface area contributed by atoms with Crippen molar-refractivity contribution in [3.8, 4) is 0 Å². The number of sulfonamides is 1. The predicted octanol–water partition coefficient (Wildman–Crippen LogP) is 2.26. The van der Waals surface area contributed by atoms with Gasteiger partial charge in [0.05, 0.1) is 12.0 Å². The first-order valence-corrected chi connectivity index (χ1v) is 9.77. The molecule has 8 nitrogen and oxygen atoms in total. The summed E-state index contributed by atoms with van der Waals surface area (Å²) >= 11 is 0. The number of methoxy groups -OCH3 is 1. The van der Waals surface area contributed by atoms with E-state index in [1.165, 1.54) is 37.5 Å². The van der Waals surface area contributed by atoms with Crippen LogP contribution < -0.4 is 15.4 Å². The van der Waals surface area contributed by atoms with Crippen molar-refractivity contribution in [2.45, 2.75) is 11.4 Å². The molecule has 0 aliphatic carbocycles. The largest absolute Gasteiger partial charge is 0.453 e. The van der Waals surface area contributed by atoms with Crippen LogP contribution in [-0.4, -0.2) is 34.1 Å². The molecule has 2 rings (SSSR count). The van der Waals surface area contributed by atoms with Gasteiger partial charge in [-0.15, -0.1) is 6.58 Å². The van der Waals surface area contributed by atoms with E-state index in [2.05, 4.69) is 26.7 Å². The molecule has 3 N–H and O–H groups in total. The van der Waals surface area contributed by atoms with Crippen molar-refractivity contribution >= 4 is 27.7 Å². The summed E-state index contributed by atoms with van der Waals surface area (Å²) in [4.78, 5) is 23.5. The molecular weight excluding hydrogens is 382 g/mol. The molecule has 0 aliphatic heterocycles. The quantitative estimate of drug-likeness (QED) is 0.585. The Labute approximate surface area is 163 Å². The minimum Gasteiger partial charge on any atom is -0.453 e. The normalized spacial score (nSPS) is 10.8. The molecule has 0 saturated carbocycles. The maximum Gasteiger partial charge on any atom is 0.411 e. The van der Waals surface area contributed by atoms with Gasteiger partial charge >= 0.3 is 6.09 Å². The summed E-state index contributed by atoms with van der Waals surface area (Å²) in [6, 6.07) is 12.6. The highest BCUT2D eigenvalue weighted by Crippen LogP contribution is 2.13. The fourth-order valence-corrected chi connectivity index (χ4v) is 3.26. The lowest BCUT2D eigenvalue weighted by Crippen LogP contribution is -2.25. The number of hydrogen-bond acceptors (Lipinski definition) is 5. The number of nitrogens with one attached hydrogen (secondary N) is 3. The third-order valence-corrected chi connectivity index (χ3v) is 5.08. The molecule has 28 heavy (non-hydrogen) atoms. The van der Waals surface area contributed by atoms with Gasteiger partial charge in [-0.2, -0.15) is 0 Å². The Balaban J connectivity index is 2.00. The number of benzene rings is 2. The van der Waals surface area contributed by atoms with Crippen molar-refractivity contribution < 1.29 is 22.7 Å². The van der Waals surface area contributed by atoms with Gasteiger partial charge in [-0.1, -0.05) is 24.3 Å². The van der Waals surface area contributed by atoms with Crippen LogP contribution in [0.25, 0.3) is 0 Å². The van der Waals surface area contributed by atoms with Crippen LogP contribution in [0.4, 0.5) is 10.5 Å². The SMILES string of the molecule is C=CCNS(=O)(=O)c1cccc(C(=O)NCc2ccc(NC(=O)OC)cc2)c1. The number of anilines is 1. The summed E-state index contributed by atoms with van der Waals surface area (Å²) in [5.41, 5.74) is 1.59. The highest BCUT2D eigenvalue weighted by molar-refractivity contribution is 7.89. The molecule has 2 aromatic rings. The predicted molar refractivity (Wildman–Crippen MR) is 105 cm³/mol. The van der Waals surface area contributed by atoms with Gasteiger partial charge in [0.1, 0.15) is 0 Å². The second-order valence-corrected chi connectivity index (χ2v) is 7.43. The van der Waals surface area contributed by atoms with Gasteiger partial charge < -0.3 is 10.1 Å². The second-order valence-electron chi connectivity index (χ2n) is 5.66.